The average molecular weight is 282 g/mol. The molecule has 0 unspecified atom stereocenters. The van der Waals surface area contributed by atoms with Crippen LogP contribution in [-0.2, 0) is 0 Å². The molecule has 1 rings (SSSR count). The lowest BCUT2D eigenvalue weighted by molar-refractivity contribution is 0.307. The lowest BCUT2D eigenvalue weighted by Gasteiger charge is -2.22. The summed E-state index contributed by atoms with van der Waals surface area (Å²) in [5.41, 5.74) is 8.51. The topological polar surface area (TPSA) is 84.4 Å². The van der Waals surface area contributed by atoms with E-state index in [0.717, 1.165) is 34.3 Å². The van der Waals surface area contributed by atoms with Crippen molar-refractivity contribution in [3.05, 3.63) is 17.0 Å². The first-order valence-electron chi connectivity index (χ1n) is 6.20. The minimum absolute atomic E-state index is 0.255. The Kier molecular flexibility index (Phi) is 5.17. The number of thioether (sulfide) groups is 1. The number of nitrogens with two attached hydrogens (primary N) is 1. The van der Waals surface area contributed by atoms with Gasteiger partial charge in [0, 0.05) is 22.6 Å². The van der Waals surface area contributed by atoms with Crippen LogP contribution in [0.4, 0.5) is 0 Å². The van der Waals surface area contributed by atoms with Crippen molar-refractivity contribution in [2.45, 2.75) is 46.2 Å². The van der Waals surface area contributed by atoms with Crippen LogP contribution in [0.3, 0.4) is 0 Å². The monoisotopic (exact) mass is 282 g/mol. The van der Waals surface area contributed by atoms with Crippen LogP contribution in [0, 0.1) is 26.2 Å². The van der Waals surface area contributed by atoms with E-state index in [1.807, 2.05) is 34.6 Å². The summed E-state index contributed by atoms with van der Waals surface area (Å²) in [6.45, 7) is 9.92. The van der Waals surface area contributed by atoms with Crippen molar-refractivity contribution in [1.29, 1.82) is 0 Å². The van der Waals surface area contributed by atoms with Gasteiger partial charge in [0.25, 0.3) is 0 Å². The summed E-state index contributed by atoms with van der Waals surface area (Å²) >= 11 is 1.60. The fourth-order valence-corrected chi connectivity index (χ4v) is 2.66. The summed E-state index contributed by atoms with van der Waals surface area (Å²) in [6, 6.07) is 0. The van der Waals surface area contributed by atoms with Crippen LogP contribution < -0.4 is 5.73 Å². The van der Waals surface area contributed by atoms with Crippen molar-refractivity contribution in [2.75, 3.05) is 5.75 Å². The van der Waals surface area contributed by atoms with E-state index in [-0.39, 0.29) is 11.3 Å². The van der Waals surface area contributed by atoms with E-state index in [1.165, 1.54) is 0 Å². The Labute approximate surface area is 118 Å². The molecule has 3 N–H and O–H groups in total. The molecule has 0 spiro atoms. The van der Waals surface area contributed by atoms with Gasteiger partial charge in [-0.2, -0.15) is 0 Å². The predicted octanol–water partition coefficient (Wildman–Crippen LogP) is 2.66. The summed E-state index contributed by atoms with van der Waals surface area (Å²) in [7, 11) is 0. The highest BCUT2D eigenvalue weighted by Gasteiger charge is 2.23. The molecule has 0 atom stereocenters. The smallest absolute Gasteiger partial charge is 0.187 e. The van der Waals surface area contributed by atoms with Gasteiger partial charge in [-0.15, -0.1) is 0 Å². The zero-order valence-corrected chi connectivity index (χ0v) is 13.0. The van der Waals surface area contributed by atoms with Crippen LogP contribution in [0.25, 0.3) is 0 Å². The zero-order chi connectivity index (χ0) is 14.6. The Bertz CT molecular complexity index is 463. The Morgan fingerprint density at radius 3 is 2.26 bits per heavy atom. The van der Waals surface area contributed by atoms with Gasteiger partial charge < -0.3 is 10.9 Å². The van der Waals surface area contributed by atoms with E-state index >= 15 is 0 Å². The van der Waals surface area contributed by atoms with Crippen LogP contribution in [0.15, 0.2) is 10.3 Å². The number of hydrogen-bond acceptors (Lipinski definition) is 5. The van der Waals surface area contributed by atoms with Gasteiger partial charge in [-0.05, 0) is 32.8 Å². The third-order valence-corrected chi connectivity index (χ3v) is 4.22. The minimum atomic E-state index is -0.323. The first-order chi connectivity index (χ1) is 8.77. The molecule has 0 saturated carbocycles. The maximum absolute atomic E-state index is 8.72. The van der Waals surface area contributed by atoms with E-state index in [1.54, 1.807) is 11.8 Å². The number of amidine groups is 1. The van der Waals surface area contributed by atoms with Crippen molar-refractivity contribution in [1.82, 2.24) is 9.97 Å². The Morgan fingerprint density at radius 2 is 1.79 bits per heavy atom. The molecule has 0 aliphatic rings. The summed E-state index contributed by atoms with van der Waals surface area (Å²) in [6.07, 6.45) is 0.795. The van der Waals surface area contributed by atoms with Gasteiger partial charge in [0.1, 0.15) is 5.84 Å². The largest absolute Gasteiger partial charge is 0.409 e. The highest BCUT2D eigenvalue weighted by molar-refractivity contribution is 7.99. The van der Waals surface area contributed by atoms with Gasteiger partial charge in [0.05, 0.1) is 0 Å². The second kappa shape index (κ2) is 6.23. The van der Waals surface area contributed by atoms with Crippen molar-refractivity contribution >= 4 is 17.6 Å². The number of rotatable bonds is 5. The summed E-state index contributed by atoms with van der Waals surface area (Å²) in [5, 5.41) is 12.6. The lowest BCUT2D eigenvalue weighted by atomic mass is 9.89. The number of aryl methyl sites for hydroxylation is 2. The third kappa shape index (κ3) is 4.09. The molecule has 0 bridgehead atoms. The van der Waals surface area contributed by atoms with Crippen LogP contribution in [0.2, 0.25) is 0 Å². The normalized spacial score (nSPS) is 12.8. The molecule has 1 aromatic rings. The molecule has 6 heteroatoms. The fourth-order valence-electron chi connectivity index (χ4n) is 1.47. The third-order valence-electron chi connectivity index (χ3n) is 3.37. The van der Waals surface area contributed by atoms with Gasteiger partial charge in [0.15, 0.2) is 5.16 Å². The highest BCUT2D eigenvalue weighted by atomic mass is 32.2. The number of oxime groups is 1. The Morgan fingerprint density at radius 1 is 1.26 bits per heavy atom. The quantitative estimate of drug-likeness (QED) is 0.217. The summed E-state index contributed by atoms with van der Waals surface area (Å²) in [4.78, 5) is 8.92. The van der Waals surface area contributed by atoms with E-state index in [2.05, 4.69) is 15.1 Å². The zero-order valence-electron chi connectivity index (χ0n) is 12.2. The van der Waals surface area contributed by atoms with Gasteiger partial charge in [-0.3, -0.25) is 0 Å². The molecule has 1 aromatic heterocycles. The highest BCUT2D eigenvalue weighted by Crippen LogP contribution is 2.26. The van der Waals surface area contributed by atoms with Crippen molar-refractivity contribution in [3.8, 4) is 0 Å². The molecule has 0 saturated heterocycles. The molecule has 1 heterocycles. The molecule has 0 aliphatic heterocycles. The average Bonchev–Trinajstić information content (AvgIpc) is 2.34. The molecule has 0 aliphatic carbocycles. The Balaban J connectivity index is 2.64. The fraction of sp³-hybridized carbons (Fsp3) is 0.615. The lowest BCUT2D eigenvalue weighted by Crippen LogP contribution is -2.32. The molecular weight excluding hydrogens is 260 g/mol. The second-order valence-corrected chi connectivity index (χ2v) is 6.33. The summed E-state index contributed by atoms with van der Waals surface area (Å²) < 4.78 is 0. The van der Waals surface area contributed by atoms with Crippen LogP contribution in [0.5, 0.6) is 0 Å². The molecule has 0 aromatic carbocycles. The number of nitrogens with zero attached hydrogens (tertiary/aromatic N) is 3. The first kappa shape index (κ1) is 15.8. The molecule has 0 radical (unpaired) electrons. The first-order valence-corrected chi connectivity index (χ1v) is 7.19. The SMILES string of the molecule is Cc1nc(SCCC(C)(C)C(N)=NO)nc(C)c1C. The maximum Gasteiger partial charge on any atom is 0.187 e. The van der Waals surface area contributed by atoms with E-state index in [0.29, 0.717) is 0 Å². The standard InChI is InChI=1S/C13H22N4OS/c1-8-9(2)15-12(16-10(8)3)19-7-6-13(4,5)11(14)17-18/h18H,6-7H2,1-5H3,(H2,14,17). The van der Waals surface area contributed by atoms with Crippen LogP contribution in [0.1, 0.15) is 37.2 Å². The predicted molar refractivity (Wildman–Crippen MR) is 78.8 cm³/mol. The van der Waals surface area contributed by atoms with Crippen molar-refractivity contribution in [2.24, 2.45) is 16.3 Å². The molecule has 106 valence electrons. The molecule has 0 amide bonds. The van der Waals surface area contributed by atoms with Crippen LogP contribution in [-0.4, -0.2) is 26.8 Å². The van der Waals surface area contributed by atoms with Gasteiger partial charge in [0.2, 0.25) is 0 Å². The van der Waals surface area contributed by atoms with E-state index in [4.69, 9.17) is 10.9 Å². The molecule has 19 heavy (non-hydrogen) atoms. The molecular formula is C13H22N4OS. The number of aromatic nitrogens is 2. The minimum Gasteiger partial charge on any atom is -0.409 e. The molecule has 5 nitrogen and oxygen atoms in total. The summed E-state index contributed by atoms with van der Waals surface area (Å²) in [5.74, 6) is 1.08. The van der Waals surface area contributed by atoms with E-state index < -0.39 is 0 Å². The van der Waals surface area contributed by atoms with Gasteiger partial charge in [-0.25, -0.2) is 9.97 Å². The van der Waals surface area contributed by atoms with Gasteiger partial charge in [-0.1, -0.05) is 30.8 Å². The molecule has 0 fully saturated rings. The van der Waals surface area contributed by atoms with E-state index in [9.17, 15) is 0 Å². The van der Waals surface area contributed by atoms with Crippen molar-refractivity contribution < 1.29 is 5.21 Å². The van der Waals surface area contributed by atoms with Crippen molar-refractivity contribution in [3.63, 3.8) is 0 Å². The number of hydrogen-bond donors (Lipinski definition) is 2. The van der Waals surface area contributed by atoms with Crippen LogP contribution >= 0.6 is 11.8 Å². The second-order valence-electron chi connectivity index (χ2n) is 5.27. The maximum atomic E-state index is 8.72. The Hall–Kier alpha value is -1.30. The van der Waals surface area contributed by atoms with Gasteiger partial charge >= 0.3 is 0 Å².